The molecule has 0 aromatic carbocycles. The Morgan fingerprint density at radius 3 is 2.59 bits per heavy atom. The molecule has 1 aliphatic carbocycles. The molecule has 3 nitrogen and oxygen atoms in total. The Balaban J connectivity index is 2.24. The summed E-state index contributed by atoms with van der Waals surface area (Å²) in [5, 5.41) is 11.8. The van der Waals surface area contributed by atoms with Crippen LogP contribution < -0.4 is 5.32 Å². The first kappa shape index (κ1) is 14.5. The fraction of sp³-hybridized carbons (Fsp3) is 0.929. The number of aliphatic hydroxyl groups excluding tert-OH is 1. The second-order valence-corrected chi connectivity index (χ2v) is 5.97. The topological polar surface area (TPSA) is 49.3 Å². The molecule has 1 aliphatic rings. The van der Waals surface area contributed by atoms with Crippen LogP contribution in [-0.2, 0) is 4.79 Å². The number of aliphatic hydroxyl groups is 1. The normalized spacial score (nSPS) is 20.9. The highest BCUT2D eigenvalue weighted by molar-refractivity contribution is 5.76. The maximum atomic E-state index is 11.9. The summed E-state index contributed by atoms with van der Waals surface area (Å²) >= 11 is 0. The van der Waals surface area contributed by atoms with Crippen molar-refractivity contribution < 1.29 is 9.90 Å². The first-order valence-corrected chi connectivity index (χ1v) is 6.93. The highest BCUT2D eigenvalue weighted by atomic mass is 16.3. The molecular formula is C14H27NO2. The first-order chi connectivity index (χ1) is 8.06. The summed E-state index contributed by atoms with van der Waals surface area (Å²) in [5.74, 6) is 0.544. The molecule has 3 heteroatoms. The molecule has 1 saturated carbocycles. The molecule has 0 aromatic rings. The van der Waals surface area contributed by atoms with Gasteiger partial charge in [-0.1, -0.05) is 33.1 Å². The van der Waals surface area contributed by atoms with Gasteiger partial charge in [-0.15, -0.1) is 0 Å². The Labute approximate surface area is 105 Å². The van der Waals surface area contributed by atoms with Gasteiger partial charge in [-0.25, -0.2) is 0 Å². The molecule has 0 aliphatic heterocycles. The van der Waals surface area contributed by atoms with Crippen molar-refractivity contribution in [2.75, 3.05) is 13.2 Å². The van der Waals surface area contributed by atoms with Crippen molar-refractivity contribution in [1.29, 1.82) is 0 Å². The van der Waals surface area contributed by atoms with Crippen molar-refractivity contribution in [3.8, 4) is 0 Å². The van der Waals surface area contributed by atoms with Gasteiger partial charge in [0.25, 0.3) is 0 Å². The minimum Gasteiger partial charge on any atom is -0.396 e. The number of rotatable bonds is 6. The molecule has 0 bridgehead atoms. The van der Waals surface area contributed by atoms with Crippen LogP contribution in [0.15, 0.2) is 0 Å². The Kier molecular flexibility index (Phi) is 5.96. The van der Waals surface area contributed by atoms with Gasteiger partial charge in [0.2, 0.25) is 5.91 Å². The predicted molar refractivity (Wildman–Crippen MR) is 69.7 cm³/mol. The third-order valence-electron chi connectivity index (χ3n) is 3.92. The van der Waals surface area contributed by atoms with Gasteiger partial charge in [0.15, 0.2) is 0 Å². The zero-order valence-corrected chi connectivity index (χ0v) is 11.3. The smallest absolute Gasteiger partial charge is 0.220 e. The minimum absolute atomic E-state index is 0.180. The van der Waals surface area contributed by atoms with Crippen LogP contribution in [0.4, 0.5) is 0 Å². The molecule has 0 radical (unpaired) electrons. The first-order valence-electron chi connectivity index (χ1n) is 6.93. The predicted octanol–water partition coefficient (Wildman–Crippen LogP) is 2.48. The fourth-order valence-electron chi connectivity index (χ4n) is 2.64. The van der Waals surface area contributed by atoms with E-state index in [1.54, 1.807) is 0 Å². The van der Waals surface area contributed by atoms with Gasteiger partial charge in [-0.05, 0) is 30.6 Å². The molecule has 0 unspecified atom stereocenters. The second-order valence-electron chi connectivity index (χ2n) is 5.97. The molecule has 2 N–H and O–H groups in total. The summed E-state index contributed by atoms with van der Waals surface area (Å²) in [6.07, 6.45) is 7.66. The van der Waals surface area contributed by atoms with Crippen molar-refractivity contribution in [1.82, 2.24) is 5.32 Å². The van der Waals surface area contributed by atoms with Crippen LogP contribution >= 0.6 is 0 Å². The molecule has 0 spiro atoms. The van der Waals surface area contributed by atoms with Gasteiger partial charge in [0, 0.05) is 19.6 Å². The summed E-state index contributed by atoms with van der Waals surface area (Å²) in [6.45, 7) is 5.19. The van der Waals surface area contributed by atoms with E-state index < -0.39 is 0 Å². The Bertz CT molecular complexity index is 234. The molecule has 1 amide bonds. The lowest BCUT2D eigenvalue weighted by Crippen LogP contribution is -2.34. The number of hydrogen-bond acceptors (Lipinski definition) is 2. The van der Waals surface area contributed by atoms with Crippen LogP contribution in [0.25, 0.3) is 0 Å². The number of carbonyl (C=O) groups excluding carboxylic acids is 1. The summed E-state index contributed by atoms with van der Waals surface area (Å²) in [7, 11) is 0. The van der Waals surface area contributed by atoms with E-state index in [0.717, 1.165) is 6.42 Å². The van der Waals surface area contributed by atoms with Crippen molar-refractivity contribution >= 4 is 5.91 Å². The van der Waals surface area contributed by atoms with Gasteiger partial charge in [-0.2, -0.15) is 0 Å². The minimum atomic E-state index is 0.180. The van der Waals surface area contributed by atoms with Gasteiger partial charge >= 0.3 is 0 Å². The summed E-state index contributed by atoms with van der Waals surface area (Å²) in [6, 6.07) is 0. The molecule has 0 saturated heterocycles. The Morgan fingerprint density at radius 2 is 2.00 bits per heavy atom. The second kappa shape index (κ2) is 7.00. The van der Waals surface area contributed by atoms with Crippen molar-refractivity contribution in [3.05, 3.63) is 0 Å². The number of hydrogen-bond donors (Lipinski definition) is 2. The van der Waals surface area contributed by atoms with Crippen LogP contribution in [0.5, 0.6) is 0 Å². The SMILES string of the molecule is C[C@H](CCO)CNC(=O)CC1(C)CCCCC1. The fourth-order valence-corrected chi connectivity index (χ4v) is 2.64. The zero-order valence-electron chi connectivity index (χ0n) is 11.3. The Hall–Kier alpha value is -0.570. The van der Waals surface area contributed by atoms with Crippen LogP contribution in [0.2, 0.25) is 0 Å². The quantitative estimate of drug-likeness (QED) is 0.750. The summed E-state index contributed by atoms with van der Waals surface area (Å²) < 4.78 is 0. The summed E-state index contributed by atoms with van der Waals surface area (Å²) in [4.78, 5) is 11.9. The maximum Gasteiger partial charge on any atom is 0.220 e. The van der Waals surface area contributed by atoms with Gasteiger partial charge in [-0.3, -0.25) is 4.79 Å². The van der Waals surface area contributed by atoms with Gasteiger partial charge in [0.1, 0.15) is 0 Å². The van der Waals surface area contributed by atoms with E-state index in [2.05, 4.69) is 19.2 Å². The molecule has 100 valence electrons. The van der Waals surface area contributed by atoms with E-state index in [1.807, 2.05) is 0 Å². The third kappa shape index (κ3) is 5.53. The molecule has 17 heavy (non-hydrogen) atoms. The van der Waals surface area contributed by atoms with Crippen molar-refractivity contribution in [3.63, 3.8) is 0 Å². The standard InChI is InChI=1S/C14H27NO2/c1-12(6-9-16)11-15-13(17)10-14(2)7-4-3-5-8-14/h12,16H,3-11H2,1-2H3,(H,15,17)/t12-/m1/s1. The van der Waals surface area contributed by atoms with Crippen molar-refractivity contribution in [2.24, 2.45) is 11.3 Å². The maximum absolute atomic E-state index is 11.9. The lowest BCUT2D eigenvalue weighted by Gasteiger charge is -2.33. The lowest BCUT2D eigenvalue weighted by molar-refractivity contribution is -0.123. The Morgan fingerprint density at radius 1 is 1.35 bits per heavy atom. The number of amides is 1. The molecule has 0 heterocycles. The molecule has 1 rings (SSSR count). The number of carbonyl (C=O) groups is 1. The van der Waals surface area contributed by atoms with E-state index in [4.69, 9.17) is 5.11 Å². The zero-order chi connectivity index (χ0) is 12.7. The van der Waals surface area contributed by atoms with Crippen LogP contribution in [-0.4, -0.2) is 24.2 Å². The van der Waals surface area contributed by atoms with Crippen LogP contribution in [0.1, 0.15) is 58.8 Å². The average Bonchev–Trinajstić information content (AvgIpc) is 2.27. The van der Waals surface area contributed by atoms with Crippen LogP contribution in [0.3, 0.4) is 0 Å². The monoisotopic (exact) mass is 241 g/mol. The van der Waals surface area contributed by atoms with E-state index in [-0.39, 0.29) is 17.9 Å². The molecule has 1 atom stereocenters. The average molecular weight is 241 g/mol. The van der Waals surface area contributed by atoms with E-state index in [1.165, 1.54) is 32.1 Å². The van der Waals surface area contributed by atoms with Crippen molar-refractivity contribution in [2.45, 2.75) is 58.8 Å². The van der Waals surface area contributed by atoms with Gasteiger partial charge < -0.3 is 10.4 Å². The highest BCUT2D eigenvalue weighted by Crippen LogP contribution is 2.38. The molecule has 0 aromatic heterocycles. The number of nitrogens with one attached hydrogen (secondary N) is 1. The summed E-state index contributed by atoms with van der Waals surface area (Å²) in [5.41, 5.74) is 0.225. The highest BCUT2D eigenvalue weighted by Gasteiger charge is 2.29. The lowest BCUT2D eigenvalue weighted by atomic mass is 9.73. The third-order valence-corrected chi connectivity index (χ3v) is 3.92. The van der Waals surface area contributed by atoms with E-state index >= 15 is 0 Å². The molecular weight excluding hydrogens is 214 g/mol. The van der Waals surface area contributed by atoms with Gasteiger partial charge in [0.05, 0.1) is 0 Å². The van der Waals surface area contributed by atoms with E-state index in [9.17, 15) is 4.79 Å². The molecule has 1 fully saturated rings. The largest absolute Gasteiger partial charge is 0.396 e. The van der Waals surface area contributed by atoms with Crippen LogP contribution in [0, 0.1) is 11.3 Å². The van der Waals surface area contributed by atoms with E-state index in [0.29, 0.717) is 18.9 Å².